The lowest BCUT2D eigenvalue weighted by Gasteiger charge is -2.20. The quantitative estimate of drug-likeness (QED) is 0.655. The van der Waals surface area contributed by atoms with E-state index in [1.807, 2.05) is 20.8 Å². The van der Waals surface area contributed by atoms with E-state index in [0.717, 1.165) is 0 Å². The monoisotopic (exact) mass is 179 g/mol. The van der Waals surface area contributed by atoms with Crippen LogP contribution in [0.2, 0.25) is 0 Å². The Bertz CT molecular complexity index is 142. The molecule has 1 amide bonds. The van der Waals surface area contributed by atoms with Crippen molar-refractivity contribution in [3.05, 3.63) is 0 Å². The van der Waals surface area contributed by atoms with Gasteiger partial charge in [0.1, 0.15) is 5.38 Å². The molecule has 0 radical (unpaired) electrons. The van der Waals surface area contributed by atoms with Crippen molar-refractivity contribution in [3.8, 4) is 0 Å². The molecule has 0 rings (SSSR count). The first-order valence-electron chi connectivity index (χ1n) is 3.40. The van der Waals surface area contributed by atoms with E-state index in [1.165, 1.54) is 0 Å². The molecule has 0 aromatic rings. The molecule has 0 fully saturated rings. The van der Waals surface area contributed by atoms with Crippen LogP contribution in [0.5, 0.6) is 0 Å². The average molecular weight is 180 g/mol. The van der Waals surface area contributed by atoms with Gasteiger partial charge in [0.2, 0.25) is 5.91 Å². The van der Waals surface area contributed by atoms with Crippen LogP contribution in [-0.4, -0.2) is 23.5 Å². The van der Waals surface area contributed by atoms with E-state index in [2.05, 4.69) is 0 Å². The molecule has 0 aliphatic carbocycles. The molecule has 0 saturated carbocycles. The van der Waals surface area contributed by atoms with E-state index < -0.39 is 11.3 Å². The zero-order chi connectivity index (χ0) is 9.07. The first-order chi connectivity index (χ1) is 4.83. The van der Waals surface area contributed by atoms with Crippen molar-refractivity contribution in [3.63, 3.8) is 0 Å². The van der Waals surface area contributed by atoms with Crippen molar-refractivity contribution in [2.24, 2.45) is 5.73 Å². The predicted molar refractivity (Wildman–Crippen MR) is 44.5 cm³/mol. The van der Waals surface area contributed by atoms with Gasteiger partial charge in [0, 0.05) is 0 Å². The van der Waals surface area contributed by atoms with E-state index in [0.29, 0.717) is 0 Å². The van der Waals surface area contributed by atoms with Gasteiger partial charge in [-0.1, -0.05) is 0 Å². The van der Waals surface area contributed by atoms with E-state index in [9.17, 15) is 4.79 Å². The molecule has 2 N–H and O–H groups in total. The van der Waals surface area contributed by atoms with Crippen molar-refractivity contribution < 1.29 is 9.53 Å². The van der Waals surface area contributed by atoms with Crippen LogP contribution in [0.15, 0.2) is 0 Å². The highest BCUT2D eigenvalue weighted by Gasteiger charge is 2.16. The molecule has 1 atom stereocenters. The molecule has 4 heteroatoms. The molecule has 1 unspecified atom stereocenters. The Morgan fingerprint density at radius 3 is 2.36 bits per heavy atom. The second kappa shape index (κ2) is 3.93. The number of rotatable bonds is 3. The smallest absolute Gasteiger partial charge is 0.237 e. The van der Waals surface area contributed by atoms with Crippen LogP contribution >= 0.6 is 11.6 Å². The number of alkyl halides is 1. The van der Waals surface area contributed by atoms with Crippen LogP contribution in [0, 0.1) is 0 Å². The predicted octanol–water partition coefficient (Wildman–Crippen LogP) is 0.894. The Morgan fingerprint density at radius 2 is 2.09 bits per heavy atom. The summed E-state index contributed by atoms with van der Waals surface area (Å²) < 4.78 is 5.22. The lowest BCUT2D eigenvalue weighted by Crippen LogP contribution is -2.32. The van der Waals surface area contributed by atoms with E-state index in [4.69, 9.17) is 22.1 Å². The highest BCUT2D eigenvalue weighted by molar-refractivity contribution is 6.30. The summed E-state index contributed by atoms with van der Waals surface area (Å²) in [6.07, 6.45) is 0. The van der Waals surface area contributed by atoms with Crippen LogP contribution in [0.4, 0.5) is 0 Å². The molecular formula is C7H14ClNO2. The molecule has 0 aromatic carbocycles. The molecule has 0 aromatic heterocycles. The average Bonchev–Trinajstić information content (AvgIpc) is 1.80. The molecule has 0 saturated heterocycles. The molecule has 0 spiro atoms. The summed E-state index contributed by atoms with van der Waals surface area (Å²) in [5.74, 6) is -0.545. The molecule has 11 heavy (non-hydrogen) atoms. The largest absolute Gasteiger partial charge is 0.374 e. The molecule has 0 aliphatic rings. The van der Waals surface area contributed by atoms with Crippen LogP contribution in [0.3, 0.4) is 0 Å². The minimum atomic E-state index is -0.728. The number of nitrogens with two attached hydrogens (primary N) is 1. The summed E-state index contributed by atoms with van der Waals surface area (Å²) in [4.78, 5) is 10.4. The summed E-state index contributed by atoms with van der Waals surface area (Å²) in [6, 6.07) is 0. The standard InChI is InChI=1S/C7H14ClNO2/c1-7(2,3)11-4-5(8)6(9)10/h5H,4H2,1-3H3,(H2,9,10). The van der Waals surface area contributed by atoms with Crippen molar-refractivity contribution in [1.82, 2.24) is 0 Å². The van der Waals surface area contributed by atoms with Gasteiger partial charge in [-0.05, 0) is 20.8 Å². The van der Waals surface area contributed by atoms with Gasteiger partial charge in [0.05, 0.1) is 12.2 Å². The maximum absolute atomic E-state index is 10.4. The molecule has 0 aliphatic heterocycles. The lowest BCUT2D eigenvalue weighted by molar-refractivity contribution is -0.119. The van der Waals surface area contributed by atoms with Crippen molar-refractivity contribution >= 4 is 17.5 Å². The lowest BCUT2D eigenvalue weighted by atomic mass is 10.2. The summed E-state index contributed by atoms with van der Waals surface area (Å²) >= 11 is 5.52. The van der Waals surface area contributed by atoms with Crippen LogP contribution in [0.25, 0.3) is 0 Å². The molecule has 0 bridgehead atoms. The first-order valence-corrected chi connectivity index (χ1v) is 3.84. The maximum atomic E-state index is 10.4. The number of halogens is 1. The van der Waals surface area contributed by atoms with E-state index >= 15 is 0 Å². The third-order valence-corrected chi connectivity index (χ3v) is 1.31. The summed E-state index contributed by atoms with van der Waals surface area (Å²) in [7, 11) is 0. The van der Waals surface area contributed by atoms with E-state index in [1.54, 1.807) is 0 Å². The number of carbonyl (C=O) groups excluding carboxylic acids is 1. The number of carbonyl (C=O) groups is 1. The van der Waals surface area contributed by atoms with Gasteiger partial charge in [-0.15, -0.1) is 11.6 Å². The highest BCUT2D eigenvalue weighted by Crippen LogP contribution is 2.08. The Balaban J connectivity index is 3.63. The number of amides is 1. The highest BCUT2D eigenvalue weighted by atomic mass is 35.5. The molecular weight excluding hydrogens is 166 g/mol. The van der Waals surface area contributed by atoms with E-state index in [-0.39, 0.29) is 12.2 Å². The molecule has 3 nitrogen and oxygen atoms in total. The number of ether oxygens (including phenoxy) is 1. The zero-order valence-corrected chi connectivity index (χ0v) is 7.81. The minimum absolute atomic E-state index is 0.167. The van der Waals surface area contributed by atoms with Gasteiger partial charge in [-0.2, -0.15) is 0 Å². The Hall–Kier alpha value is -0.280. The molecule has 0 heterocycles. The van der Waals surface area contributed by atoms with Crippen molar-refractivity contribution in [1.29, 1.82) is 0 Å². The van der Waals surface area contributed by atoms with Gasteiger partial charge in [-0.3, -0.25) is 4.79 Å². The van der Waals surface area contributed by atoms with Gasteiger partial charge < -0.3 is 10.5 Å². The fourth-order valence-corrected chi connectivity index (χ4v) is 0.468. The van der Waals surface area contributed by atoms with Crippen LogP contribution in [0.1, 0.15) is 20.8 Å². The summed E-state index contributed by atoms with van der Waals surface area (Å²) in [6.45, 7) is 5.83. The fraction of sp³-hybridized carbons (Fsp3) is 0.857. The Morgan fingerprint density at radius 1 is 1.64 bits per heavy atom. The fourth-order valence-electron chi connectivity index (χ4n) is 0.405. The zero-order valence-electron chi connectivity index (χ0n) is 7.06. The summed E-state index contributed by atoms with van der Waals surface area (Å²) in [5, 5.41) is -0.728. The maximum Gasteiger partial charge on any atom is 0.237 e. The third-order valence-electron chi connectivity index (χ3n) is 0.971. The first kappa shape index (κ1) is 10.7. The summed E-state index contributed by atoms with van der Waals surface area (Å²) in [5.41, 5.74) is 4.64. The van der Waals surface area contributed by atoms with Gasteiger partial charge in [0.15, 0.2) is 0 Å². The normalized spacial score (nSPS) is 14.5. The molecule has 66 valence electrons. The van der Waals surface area contributed by atoms with Gasteiger partial charge in [-0.25, -0.2) is 0 Å². The number of hydrogen-bond acceptors (Lipinski definition) is 2. The van der Waals surface area contributed by atoms with Gasteiger partial charge >= 0.3 is 0 Å². The Labute approximate surface area is 71.8 Å². The van der Waals surface area contributed by atoms with Crippen LogP contribution < -0.4 is 5.73 Å². The van der Waals surface area contributed by atoms with Gasteiger partial charge in [0.25, 0.3) is 0 Å². The van der Waals surface area contributed by atoms with Crippen molar-refractivity contribution in [2.75, 3.05) is 6.61 Å². The van der Waals surface area contributed by atoms with Crippen molar-refractivity contribution in [2.45, 2.75) is 31.7 Å². The second-order valence-corrected chi connectivity index (χ2v) is 3.82. The number of hydrogen-bond donors (Lipinski definition) is 1. The minimum Gasteiger partial charge on any atom is -0.374 e. The number of primary amides is 1. The SMILES string of the molecule is CC(C)(C)OCC(Cl)C(N)=O. The third kappa shape index (κ3) is 6.13. The topological polar surface area (TPSA) is 52.3 Å². The Kier molecular flexibility index (Phi) is 3.83. The second-order valence-electron chi connectivity index (χ2n) is 3.29. The van der Waals surface area contributed by atoms with Crippen LogP contribution in [-0.2, 0) is 9.53 Å².